The van der Waals surface area contributed by atoms with Gasteiger partial charge in [0.05, 0.1) is 38.0 Å². The summed E-state index contributed by atoms with van der Waals surface area (Å²) >= 11 is 13.0. The lowest BCUT2D eigenvalue weighted by Crippen LogP contribution is -2.75. The minimum Gasteiger partial charge on any atom is -0.508 e. The second kappa shape index (κ2) is 14.3. The Balaban J connectivity index is 1.50. The third kappa shape index (κ3) is 7.07. The van der Waals surface area contributed by atoms with E-state index in [1.54, 1.807) is 83.5 Å². The Hall–Kier alpha value is -4.19. The van der Waals surface area contributed by atoms with E-state index in [0.29, 0.717) is 28.0 Å². The van der Waals surface area contributed by atoms with Gasteiger partial charge >= 0.3 is 0 Å². The van der Waals surface area contributed by atoms with Crippen LogP contribution in [0.15, 0.2) is 54.6 Å². The van der Waals surface area contributed by atoms with Crippen LogP contribution in [0.3, 0.4) is 0 Å². The van der Waals surface area contributed by atoms with Crippen molar-refractivity contribution in [2.75, 3.05) is 53.4 Å². The van der Waals surface area contributed by atoms with E-state index in [0.717, 1.165) is 22.4 Å². The number of phenolic OH excluding ortho intramolecular Hbond substituents is 1. The number of ether oxygens (including phenoxy) is 2. The van der Waals surface area contributed by atoms with E-state index in [-0.39, 0.29) is 55.9 Å². The molecule has 3 aromatic carbocycles. The van der Waals surface area contributed by atoms with Crippen molar-refractivity contribution in [3.63, 3.8) is 0 Å². The molecule has 0 aromatic heterocycles. The maximum absolute atomic E-state index is 14.3. The first-order chi connectivity index (χ1) is 22.4. The van der Waals surface area contributed by atoms with Gasteiger partial charge in [0.25, 0.3) is 0 Å². The summed E-state index contributed by atoms with van der Waals surface area (Å²) in [4.78, 5) is 47.2. The molecule has 2 heterocycles. The molecule has 250 valence electrons. The van der Waals surface area contributed by atoms with Crippen molar-refractivity contribution in [2.45, 2.75) is 38.0 Å². The second-order valence-corrected chi connectivity index (χ2v) is 12.7. The molecule has 11 nitrogen and oxygen atoms in total. The zero-order valence-electron chi connectivity index (χ0n) is 27.1. The highest BCUT2D eigenvalue weighted by Crippen LogP contribution is 2.36. The quantitative estimate of drug-likeness (QED) is 0.339. The third-order valence-corrected chi connectivity index (χ3v) is 9.07. The molecule has 2 aliphatic heterocycles. The molecule has 5 rings (SSSR count). The van der Waals surface area contributed by atoms with Crippen molar-refractivity contribution in [2.24, 2.45) is 0 Å². The van der Waals surface area contributed by atoms with Crippen LogP contribution in [0, 0.1) is 0 Å². The van der Waals surface area contributed by atoms with Crippen LogP contribution < -0.4 is 14.4 Å². The zero-order chi connectivity index (χ0) is 34.0. The van der Waals surface area contributed by atoms with Crippen LogP contribution in [0.4, 0.5) is 5.69 Å². The van der Waals surface area contributed by atoms with E-state index in [1.807, 2.05) is 31.1 Å². The summed E-state index contributed by atoms with van der Waals surface area (Å²) in [5.74, 6) is 0.497. The van der Waals surface area contributed by atoms with Gasteiger partial charge in [-0.05, 0) is 53.4 Å². The molecule has 2 atom stereocenters. The van der Waals surface area contributed by atoms with Crippen LogP contribution in [0.2, 0.25) is 10.0 Å². The summed E-state index contributed by atoms with van der Waals surface area (Å²) < 4.78 is 11.0. The van der Waals surface area contributed by atoms with Crippen LogP contribution >= 0.6 is 23.2 Å². The van der Waals surface area contributed by atoms with Crippen molar-refractivity contribution in [3.8, 4) is 17.2 Å². The molecule has 0 spiro atoms. The number of rotatable bonds is 10. The largest absolute Gasteiger partial charge is 0.508 e. The number of para-hydroxylation sites is 1. The molecule has 2 fully saturated rings. The number of carbonyl (C=O) groups excluding carboxylic acids is 3. The maximum Gasteiger partial charge on any atom is 0.246 e. The Labute approximate surface area is 284 Å². The number of carbonyl (C=O) groups is 3. The molecule has 13 heteroatoms. The molecule has 0 saturated carbocycles. The molecule has 1 unspecified atom stereocenters. The smallest absolute Gasteiger partial charge is 0.246 e. The van der Waals surface area contributed by atoms with Crippen LogP contribution in [0.5, 0.6) is 17.2 Å². The number of fused-ring (bicyclic) bond motifs is 1. The Morgan fingerprint density at radius 1 is 1.02 bits per heavy atom. The maximum atomic E-state index is 14.3. The number of phenols is 1. The number of aromatic hydroxyl groups is 1. The zero-order valence-corrected chi connectivity index (χ0v) is 28.6. The van der Waals surface area contributed by atoms with Crippen molar-refractivity contribution >= 4 is 46.6 Å². The molecule has 0 radical (unpaired) electrons. The molecule has 1 N–H and O–H groups in total. The minimum absolute atomic E-state index is 0.0707. The van der Waals surface area contributed by atoms with Gasteiger partial charge in [0.2, 0.25) is 17.7 Å². The van der Waals surface area contributed by atoms with Gasteiger partial charge in [0.1, 0.15) is 18.0 Å². The standard InChI is InChI=1S/C34H39Cl2N5O6/c1-37(2)32-23(16-24(35)17-26(32)36)18-39-19-29-40(27(34(39)45)15-21-9-12-25(42)13-10-21)31(44)20-38(3)41(29)30(43)14-11-22-7-6-8-28(46-4)33(22)47-5/h6-10,12-13,16-17,27,29,42H,11,14-15,18-20H2,1-5H3/t27-,29?/m0/s1. The molecule has 2 aliphatic rings. The molecule has 0 aliphatic carbocycles. The van der Waals surface area contributed by atoms with E-state index in [1.165, 1.54) is 0 Å². The first-order valence-electron chi connectivity index (χ1n) is 15.2. The van der Waals surface area contributed by atoms with Crippen LogP contribution in [0.25, 0.3) is 0 Å². The summed E-state index contributed by atoms with van der Waals surface area (Å²) in [7, 11) is 8.54. The first kappa shape index (κ1) is 34.2. The van der Waals surface area contributed by atoms with Gasteiger partial charge in [-0.2, -0.15) is 0 Å². The fraction of sp³-hybridized carbons (Fsp3) is 0.382. The van der Waals surface area contributed by atoms with Crippen molar-refractivity contribution < 1.29 is 29.0 Å². The molecule has 47 heavy (non-hydrogen) atoms. The second-order valence-electron chi connectivity index (χ2n) is 11.9. The fourth-order valence-electron chi connectivity index (χ4n) is 6.52. The van der Waals surface area contributed by atoms with E-state index in [2.05, 4.69) is 0 Å². The van der Waals surface area contributed by atoms with Crippen molar-refractivity contribution in [3.05, 3.63) is 81.3 Å². The highest BCUT2D eigenvalue weighted by atomic mass is 35.5. The SMILES string of the molecule is COc1cccc(CCC(=O)N2C3CN(Cc4cc(Cl)cc(Cl)c4N(C)C)C(=O)[C@H](Cc4ccc(O)cc4)N3C(=O)CN2C)c1OC. The number of nitrogens with zero attached hydrogens (tertiary/aromatic N) is 5. The number of hydrogen-bond donors (Lipinski definition) is 1. The molecule has 2 saturated heterocycles. The summed E-state index contributed by atoms with van der Waals surface area (Å²) in [5, 5.41) is 14.0. The number of benzene rings is 3. The lowest BCUT2D eigenvalue weighted by molar-refractivity contribution is -0.202. The van der Waals surface area contributed by atoms with Gasteiger partial charge in [-0.1, -0.05) is 47.5 Å². The van der Waals surface area contributed by atoms with Crippen molar-refractivity contribution in [1.82, 2.24) is 19.8 Å². The Bertz CT molecular complexity index is 1650. The Kier molecular flexibility index (Phi) is 10.4. The Morgan fingerprint density at radius 2 is 1.74 bits per heavy atom. The van der Waals surface area contributed by atoms with E-state index < -0.39 is 12.2 Å². The lowest BCUT2D eigenvalue weighted by Gasteiger charge is -2.54. The molecular weight excluding hydrogens is 645 g/mol. The van der Waals surface area contributed by atoms with Gasteiger partial charge < -0.3 is 29.3 Å². The minimum atomic E-state index is -0.897. The summed E-state index contributed by atoms with van der Waals surface area (Å²) in [6.45, 7) is 0.162. The van der Waals surface area contributed by atoms with Crippen molar-refractivity contribution in [1.29, 1.82) is 0 Å². The van der Waals surface area contributed by atoms with E-state index in [9.17, 15) is 19.5 Å². The van der Waals surface area contributed by atoms with Gasteiger partial charge in [0, 0.05) is 45.6 Å². The van der Waals surface area contributed by atoms with Gasteiger partial charge in [0.15, 0.2) is 11.5 Å². The molecule has 0 bridgehead atoms. The summed E-state index contributed by atoms with van der Waals surface area (Å²) in [6.07, 6.45) is -0.0749. The molecule has 3 amide bonds. The van der Waals surface area contributed by atoms with Gasteiger partial charge in [-0.25, -0.2) is 5.01 Å². The van der Waals surface area contributed by atoms with E-state index in [4.69, 9.17) is 32.7 Å². The Morgan fingerprint density at radius 3 is 2.40 bits per heavy atom. The number of methoxy groups -OCH3 is 2. The molecular formula is C34H39Cl2N5O6. The monoisotopic (exact) mass is 683 g/mol. The van der Waals surface area contributed by atoms with Crippen LogP contribution in [-0.4, -0.2) is 103 Å². The summed E-state index contributed by atoms with van der Waals surface area (Å²) in [5.41, 5.74) is 3.03. The number of anilines is 1. The number of hydrazine groups is 1. The first-order valence-corrected chi connectivity index (χ1v) is 15.9. The number of hydrogen-bond acceptors (Lipinski definition) is 8. The van der Waals surface area contributed by atoms with Gasteiger partial charge in [-0.3, -0.25) is 19.4 Å². The predicted molar refractivity (Wildman–Crippen MR) is 180 cm³/mol. The highest BCUT2D eigenvalue weighted by Gasteiger charge is 2.50. The fourth-order valence-corrected chi connectivity index (χ4v) is 7.23. The van der Waals surface area contributed by atoms with Crippen LogP contribution in [-0.2, 0) is 33.8 Å². The summed E-state index contributed by atoms with van der Waals surface area (Å²) in [6, 6.07) is 14.6. The number of halogens is 2. The number of amides is 3. The normalized spacial score (nSPS) is 18.3. The average Bonchev–Trinajstić information content (AvgIpc) is 3.02. The number of aryl methyl sites for hydroxylation is 1. The number of likely N-dealkylation sites (N-methyl/N-ethyl adjacent to an activating group) is 1. The number of piperazine rings is 1. The third-order valence-electron chi connectivity index (χ3n) is 8.57. The average molecular weight is 685 g/mol. The van der Waals surface area contributed by atoms with E-state index >= 15 is 0 Å². The lowest BCUT2D eigenvalue weighted by atomic mass is 9.97. The highest BCUT2D eigenvalue weighted by molar-refractivity contribution is 6.36. The van der Waals surface area contributed by atoms with Gasteiger partial charge in [-0.15, -0.1) is 0 Å². The van der Waals surface area contributed by atoms with Crippen LogP contribution in [0.1, 0.15) is 23.1 Å². The predicted octanol–water partition coefficient (Wildman–Crippen LogP) is 4.21. The molecule has 3 aromatic rings. The topological polar surface area (TPSA) is 106 Å².